The fourth-order valence-electron chi connectivity index (χ4n) is 2.77. The fourth-order valence-corrected chi connectivity index (χ4v) is 2.77. The summed E-state index contributed by atoms with van der Waals surface area (Å²) in [6.45, 7) is 9.24. The summed E-state index contributed by atoms with van der Waals surface area (Å²) in [5, 5.41) is 5.45. The normalized spacial score (nSPS) is 15.7. The second kappa shape index (κ2) is 9.54. The highest BCUT2D eigenvalue weighted by molar-refractivity contribution is 5.87. The van der Waals surface area contributed by atoms with Crippen LogP contribution in [0.1, 0.15) is 25.0 Å². The molecule has 0 aliphatic carbocycles. The van der Waals surface area contributed by atoms with Crippen LogP contribution >= 0.6 is 0 Å². The van der Waals surface area contributed by atoms with Crippen molar-refractivity contribution in [2.24, 2.45) is 11.7 Å². The van der Waals surface area contributed by atoms with Crippen molar-refractivity contribution >= 4 is 17.5 Å². The van der Waals surface area contributed by atoms with E-state index in [0.717, 1.165) is 24.3 Å². The lowest BCUT2D eigenvalue weighted by Crippen LogP contribution is -2.47. The highest BCUT2D eigenvalue weighted by atomic mass is 16.5. The average molecular weight is 362 g/mol. The van der Waals surface area contributed by atoms with Crippen LogP contribution in [0.25, 0.3) is 0 Å². The number of carbonyl (C=O) groups excluding carboxylic acids is 2. The summed E-state index contributed by atoms with van der Waals surface area (Å²) in [7, 11) is 0. The predicted octanol–water partition coefficient (Wildman–Crippen LogP) is 0.547. The van der Waals surface area contributed by atoms with Crippen LogP contribution in [0.3, 0.4) is 0 Å². The quantitative estimate of drug-likeness (QED) is 0.658. The molecule has 26 heavy (non-hydrogen) atoms. The molecule has 1 fully saturated rings. The lowest BCUT2D eigenvalue weighted by atomic mass is 10.1. The van der Waals surface area contributed by atoms with Gasteiger partial charge in [0.05, 0.1) is 25.8 Å². The summed E-state index contributed by atoms with van der Waals surface area (Å²) in [5.74, 6) is -0.510. The van der Waals surface area contributed by atoms with Crippen molar-refractivity contribution in [2.75, 3.05) is 37.7 Å². The van der Waals surface area contributed by atoms with E-state index in [2.05, 4.69) is 28.5 Å². The second-order valence-electron chi connectivity index (χ2n) is 7.00. The molecule has 144 valence electrons. The van der Waals surface area contributed by atoms with Gasteiger partial charge in [-0.2, -0.15) is 0 Å². The minimum Gasteiger partial charge on any atom is -0.378 e. The van der Waals surface area contributed by atoms with Gasteiger partial charge in [0.1, 0.15) is 0 Å². The third-order valence-corrected chi connectivity index (χ3v) is 4.51. The van der Waals surface area contributed by atoms with Gasteiger partial charge in [0.2, 0.25) is 11.8 Å². The van der Waals surface area contributed by atoms with Crippen molar-refractivity contribution in [3.05, 3.63) is 29.3 Å². The Morgan fingerprint density at radius 1 is 1.23 bits per heavy atom. The number of hydrogen-bond donors (Lipinski definition) is 3. The van der Waals surface area contributed by atoms with Gasteiger partial charge in [-0.15, -0.1) is 0 Å². The molecular weight excluding hydrogens is 332 g/mol. The molecule has 0 bridgehead atoms. The Labute approximate surface area is 155 Å². The SMILES string of the molecule is Cc1ccc(CNC(=O)CNC(=O)[C@@H](N)C(C)C)c(N2CCOCC2)c1. The Kier molecular flexibility index (Phi) is 7.41. The first kappa shape index (κ1) is 20.2. The van der Waals surface area contributed by atoms with Crippen molar-refractivity contribution in [3.8, 4) is 0 Å². The van der Waals surface area contributed by atoms with Gasteiger partial charge in [0.25, 0.3) is 0 Å². The number of benzene rings is 1. The minimum atomic E-state index is -0.604. The summed E-state index contributed by atoms with van der Waals surface area (Å²) in [5.41, 5.74) is 9.12. The highest BCUT2D eigenvalue weighted by Crippen LogP contribution is 2.23. The van der Waals surface area contributed by atoms with Crippen molar-refractivity contribution < 1.29 is 14.3 Å². The highest BCUT2D eigenvalue weighted by Gasteiger charge is 2.18. The lowest BCUT2D eigenvalue weighted by molar-refractivity contribution is -0.127. The van der Waals surface area contributed by atoms with Crippen LogP contribution in [0.15, 0.2) is 18.2 Å². The van der Waals surface area contributed by atoms with Gasteiger partial charge in [-0.05, 0) is 30.0 Å². The second-order valence-corrected chi connectivity index (χ2v) is 7.00. The Balaban J connectivity index is 1.90. The van der Waals surface area contributed by atoms with Crippen LogP contribution in [-0.2, 0) is 20.9 Å². The molecule has 1 atom stereocenters. The van der Waals surface area contributed by atoms with E-state index in [1.165, 1.54) is 5.56 Å². The predicted molar refractivity (Wildman–Crippen MR) is 102 cm³/mol. The first-order valence-electron chi connectivity index (χ1n) is 9.10. The van der Waals surface area contributed by atoms with Gasteiger partial charge in [-0.3, -0.25) is 9.59 Å². The summed E-state index contributed by atoms with van der Waals surface area (Å²) in [6, 6.07) is 5.60. The monoisotopic (exact) mass is 362 g/mol. The number of nitrogens with two attached hydrogens (primary N) is 1. The van der Waals surface area contributed by atoms with E-state index in [4.69, 9.17) is 10.5 Å². The maximum absolute atomic E-state index is 12.1. The first-order chi connectivity index (χ1) is 12.4. The molecule has 0 spiro atoms. The maximum Gasteiger partial charge on any atom is 0.239 e. The van der Waals surface area contributed by atoms with Gasteiger partial charge in [0.15, 0.2) is 0 Å². The number of anilines is 1. The molecule has 4 N–H and O–H groups in total. The first-order valence-corrected chi connectivity index (χ1v) is 9.10. The van der Waals surface area contributed by atoms with Gasteiger partial charge >= 0.3 is 0 Å². The number of ether oxygens (including phenoxy) is 1. The van der Waals surface area contributed by atoms with Crippen LogP contribution in [0.5, 0.6) is 0 Å². The topological polar surface area (TPSA) is 96.7 Å². The molecule has 2 amide bonds. The summed E-state index contributed by atoms with van der Waals surface area (Å²) in [4.78, 5) is 26.2. The van der Waals surface area contributed by atoms with Gasteiger partial charge < -0.3 is 26.0 Å². The number of carbonyl (C=O) groups is 2. The minimum absolute atomic E-state index is 0.0294. The van der Waals surface area contributed by atoms with Crippen molar-refractivity contribution in [2.45, 2.75) is 33.4 Å². The molecule has 1 saturated heterocycles. The fraction of sp³-hybridized carbons (Fsp3) is 0.579. The van der Waals surface area contributed by atoms with E-state index in [-0.39, 0.29) is 24.3 Å². The zero-order valence-corrected chi connectivity index (χ0v) is 15.9. The summed E-state index contributed by atoms with van der Waals surface area (Å²) >= 11 is 0. The number of amides is 2. The van der Waals surface area contributed by atoms with E-state index in [0.29, 0.717) is 19.8 Å². The van der Waals surface area contributed by atoms with Gasteiger partial charge in [-0.25, -0.2) is 0 Å². The van der Waals surface area contributed by atoms with Crippen molar-refractivity contribution in [3.63, 3.8) is 0 Å². The van der Waals surface area contributed by atoms with Crippen LogP contribution in [0.4, 0.5) is 5.69 Å². The third-order valence-electron chi connectivity index (χ3n) is 4.51. The molecule has 0 aromatic heterocycles. The average Bonchev–Trinajstić information content (AvgIpc) is 2.64. The Bertz CT molecular complexity index is 627. The number of morpholine rings is 1. The zero-order chi connectivity index (χ0) is 19.1. The van der Waals surface area contributed by atoms with Gasteiger partial charge in [0, 0.05) is 25.3 Å². The van der Waals surface area contributed by atoms with Crippen molar-refractivity contribution in [1.82, 2.24) is 10.6 Å². The standard InChI is InChI=1S/C19H30N4O3/c1-13(2)18(20)19(25)22-12-17(24)21-11-15-5-4-14(3)10-16(15)23-6-8-26-9-7-23/h4-5,10,13,18H,6-9,11-12,20H2,1-3H3,(H,21,24)(H,22,25)/t18-/m0/s1. The molecule has 0 radical (unpaired) electrons. The number of nitrogens with zero attached hydrogens (tertiary/aromatic N) is 1. The summed E-state index contributed by atoms with van der Waals surface area (Å²) < 4.78 is 5.42. The largest absolute Gasteiger partial charge is 0.378 e. The number of aryl methyl sites for hydroxylation is 1. The molecule has 1 aliphatic rings. The summed E-state index contributed by atoms with van der Waals surface area (Å²) in [6.07, 6.45) is 0. The molecule has 1 aromatic carbocycles. The Hall–Kier alpha value is -2.12. The third kappa shape index (κ3) is 5.71. The Morgan fingerprint density at radius 3 is 2.58 bits per heavy atom. The molecule has 1 heterocycles. The van der Waals surface area contributed by atoms with Gasteiger partial charge in [-0.1, -0.05) is 26.0 Å². The van der Waals surface area contributed by atoms with Crippen LogP contribution in [0, 0.1) is 12.8 Å². The smallest absolute Gasteiger partial charge is 0.239 e. The van der Waals surface area contributed by atoms with E-state index in [1.54, 1.807) is 0 Å². The van der Waals surface area contributed by atoms with E-state index < -0.39 is 6.04 Å². The van der Waals surface area contributed by atoms with Crippen LogP contribution < -0.4 is 21.3 Å². The molecular formula is C19H30N4O3. The number of rotatable bonds is 7. The number of nitrogens with one attached hydrogen (secondary N) is 2. The molecule has 7 nitrogen and oxygen atoms in total. The molecule has 0 unspecified atom stereocenters. The van der Waals surface area contributed by atoms with Crippen LogP contribution in [0.2, 0.25) is 0 Å². The molecule has 1 aromatic rings. The molecule has 1 aliphatic heterocycles. The van der Waals surface area contributed by atoms with Crippen molar-refractivity contribution in [1.29, 1.82) is 0 Å². The van der Waals surface area contributed by atoms with Crippen LogP contribution in [-0.4, -0.2) is 50.7 Å². The van der Waals surface area contributed by atoms with E-state index in [9.17, 15) is 9.59 Å². The maximum atomic E-state index is 12.1. The van der Waals surface area contributed by atoms with E-state index >= 15 is 0 Å². The molecule has 0 saturated carbocycles. The van der Waals surface area contributed by atoms with E-state index in [1.807, 2.05) is 26.0 Å². The molecule has 7 heteroatoms. The number of hydrogen-bond acceptors (Lipinski definition) is 5. The lowest BCUT2D eigenvalue weighted by Gasteiger charge is -2.31. The zero-order valence-electron chi connectivity index (χ0n) is 15.9. The molecule has 2 rings (SSSR count). The Morgan fingerprint density at radius 2 is 1.92 bits per heavy atom.